The molecule has 2 N–H and O–H groups in total. The van der Waals surface area contributed by atoms with Gasteiger partial charge in [0.2, 0.25) is 0 Å². The van der Waals surface area contributed by atoms with E-state index in [2.05, 4.69) is 8.75 Å². The van der Waals surface area contributed by atoms with Crippen LogP contribution in [0.3, 0.4) is 0 Å². The summed E-state index contributed by atoms with van der Waals surface area (Å²) in [4.78, 5) is 23.9. The Morgan fingerprint density at radius 3 is 1.71 bits per heavy atom. The van der Waals surface area contributed by atoms with Crippen molar-refractivity contribution in [2.24, 2.45) is 0 Å². The number of H-pyrrole nitrogens is 2. The van der Waals surface area contributed by atoms with Gasteiger partial charge in [-0.05, 0) is 29.7 Å². The first kappa shape index (κ1) is 12.6. The zero-order chi connectivity index (χ0) is 14.4. The molecule has 2 aromatic carbocycles. The van der Waals surface area contributed by atoms with Gasteiger partial charge in [-0.3, -0.25) is 18.3 Å². The molecule has 4 nitrogen and oxygen atoms in total. The van der Waals surface area contributed by atoms with E-state index in [4.69, 9.17) is 0 Å². The topological polar surface area (TPSA) is 65.7 Å². The van der Waals surface area contributed by atoms with E-state index >= 15 is 0 Å². The molecular weight excluding hydrogens is 304 g/mol. The minimum Gasteiger partial charge on any atom is -0.277 e. The summed E-state index contributed by atoms with van der Waals surface area (Å²) in [6.45, 7) is 0. The highest BCUT2D eigenvalue weighted by atomic mass is 32.1. The summed E-state index contributed by atoms with van der Waals surface area (Å²) < 4.78 is 7.43. The van der Waals surface area contributed by atoms with Crippen LogP contribution in [-0.4, -0.2) is 8.75 Å². The Balaban J connectivity index is 1.95. The number of aromatic amines is 2. The normalized spacial score (nSPS) is 11.4. The van der Waals surface area contributed by atoms with Crippen molar-refractivity contribution in [3.05, 3.63) is 68.2 Å². The Bertz CT molecular complexity index is 982. The van der Waals surface area contributed by atoms with Gasteiger partial charge in [-0.2, -0.15) is 0 Å². The molecule has 21 heavy (non-hydrogen) atoms. The van der Waals surface area contributed by atoms with Crippen LogP contribution in [0.1, 0.15) is 11.1 Å². The summed E-state index contributed by atoms with van der Waals surface area (Å²) in [5.41, 5.74) is 1.79. The smallest absolute Gasteiger partial charge is 0.266 e. The van der Waals surface area contributed by atoms with E-state index in [1.54, 1.807) is 0 Å². The highest BCUT2D eigenvalue weighted by molar-refractivity contribution is 7.13. The van der Waals surface area contributed by atoms with Crippen LogP contribution in [0.5, 0.6) is 0 Å². The monoisotopic (exact) mass is 314 g/mol. The van der Waals surface area contributed by atoms with E-state index in [0.29, 0.717) is 6.42 Å². The maximum absolute atomic E-state index is 12.0. The van der Waals surface area contributed by atoms with Gasteiger partial charge in [0, 0.05) is 0 Å². The van der Waals surface area contributed by atoms with E-state index < -0.39 is 0 Å². The summed E-state index contributed by atoms with van der Waals surface area (Å²) in [5.74, 6) is 0. The van der Waals surface area contributed by atoms with Crippen LogP contribution >= 0.6 is 23.1 Å². The summed E-state index contributed by atoms with van der Waals surface area (Å²) >= 11 is 2.69. The lowest BCUT2D eigenvalue weighted by Crippen LogP contribution is -2.04. The second-order valence-corrected chi connectivity index (χ2v) is 6.52. The second kappa shape index (κ2) is 4.68. The molecule has 104 valence electrons. The largest absolute Gasteiger partial charge is 0.277 e. The number of hydrogen-bond donors (Lipinski definition) is 2. The van der Waals surface area contributed by atoms with Gasteiger partial charge >= 0.3 is 0 Å². The molecule has 2 aromatic heterocycles. The highest BCUT2D eigenvalue weighted by Crippen LogP contribution is 2.24. The van der Waals surface area contributed by atoms with E-state index in [1.165, 1.54) is 23.1 Å². The van der Waals surface area contributed by atoms with Gasteiger partial charge < -0.3 is 0 Å². The molecule has 0 spiro atoms. The van der Waals surface area contributed by atoms with Crippen LogP contribution in [0, 0.1) is 0 Å². The number of rotatable bonds is 2. The first-order chi connectivity index (χ1) is 10.2. The highest BCUT2D eigenvalue weighted by Gasteiger charge is 2.12. The van der Waals surface area contributed by atoms with Crippen molar-refractivity contribution < 1.29 is 0 Å². The molecule has 0 aliphatic heterocycles. The van der Waals surface area contributed by atoms with Gasteiger partial charge in [0.15, 0.2) is 0 Å². The Hall–Kier alpha value is -2.18. The van der Waals surface area contributed by atoms with Gasteiger partial charge in [-0.15, -0.1) is 0 Å². The molecule has 4 aromatic rings. The van der Waals surface area contributed by atoms with E-state index in [9.17, 15) is 9.59 Å². The van der Waals surface area contributed by atoms with Gasteiger partial charge in [0.1, 0.15) is 0 Å². The lowest BCUT2D eigenvalue weighted by Gasteiger charge is -2.04. The first-order valence-electron chi connectivity index (χ1n) is 6.42. The molecule has 2 heterocycles. The van der Waals surface area contributed by atoms with Crippen molar-refractivity contribution in [3.8, 4) is 0 Å². The van der Waals surface area contributed by atoms with Crippen LogP contribution in [0.15, 0.2) is 46.0 Å². The molecule has 0 unspecified atom stereocenters. The average molecular weight is 314 g/mol. The van der Waals surface area contributed by atoms with Crippen LogP contribution < -0.4 is 11.1 Å². The van der Waals surface area contributed by atoms with Crippen molar-refractivity contribution in [2.45, 2.75) is 6.42 Å². The third-order valence-electron chi connectivity index (χ3n) is 3.57. The molecule has 0 aliphatic carbocycles. The van der Waals surface area contributed by atoms with Gasteiger partial charge in [-0.1, -0.05) is 47.3 Å². The van der Waals surface area contributed by atoms with Crippen molar-refractivity contribution in [1.82, 2.24) is 8.75 Å². The molecule has 0 aliphatic rings. The summed E-state index contributed by atoms with van der Waals surface area (Å²) in [6, 6.07) is 11.6. The number of hydrogen-bond acceptors (Lipinski definition) is 4. The zero-order valence-electron chi connectivity index (χ0n) is 10.8. The van der Waals surface area contributed by atoms with Gasteiger partial charge in [0.05, 0.1) is 20.2 Å². The molecule has 0 radical (unpaired) electrons. The Kier molecular flexibility index (Phi) is 2.80. The molecule has 0 amide bonds. The summed E-state index contributed by atoms with van der Waals surface area (Å²) in [5, 5.41) is 1.46. The predicted molar refractivity (Wildman–Crippen MR) is 87.7 cm³/mol. The van der Waals surface area contributed by atoms with E-state index in [0.717, 1.165) is 31.3 Å². The van der Waals surface area contributed by atoms with E-state index in [1.807, 2.05) is 36.4 Å². The van der Waals surface area contributed by atoms with E-state index in [-0.39, 0.29) is 11.1 Å². The standard InChI is InChI=1S/C15H10N2O2S2/c18-14-12-8(3-1-5-10(12)20-16-14)7-9-4-2-6-11-13(9)15(19)17-21-11/h1-6H,7H2,(H,16,18)(H,17,19). The van der Waals surface area contributed by atoms with Crippen molar-refractivity contribution in [1.29, 1.82) is 0 Å². The molecule has 0 fully saturated rings. The van der Waals surface area contributed by atoms with Crippen LogP contribution in [0.2, 0.25) is 0 Å². The predicted octanol–water partition coefficient (Wildman–Crippen LogP) is 3.08. The quantitative estimate of drug-likeness (QED) is 0.597. The number of fused-ring (bicyclic) bond motifs is 2. The minimum atomic E-state index is -0.0583. The van der Waals surface area contributed by atoms with Gasteiger partial charge in [0.25, 0.3) is 11.1 Å². The molecule has 6 heteroatoms. The van der Waals surface area contributed by atoms with Crippen LogP contribution in [0.4, 0.5) is 0 Å². The van der Waals surface area contributed by atoms with Crippen molar-refractivity contribution in [2.75, 3.05) is 0 Å². The van der Waals surface area contributed by atoms with Crippen molar-refractivity contribution in [3.63, 3.8) is 0 Å². The molecule has 4 rings (SSSR count). The van der Waals surface area contributed by atoms with Crippen LogP contribution in [0.25, 0.3) is 20.2 Å². The van der Waals surface area contributed by atoms with Gasteiger partial charge in [-0.25, -0.2) is 0 Å². The number of aromatic nitrogens is 2. The molecule has 0 saturated carbocycles. The number of benzene rings is 2. The summed E-state index contributed by atoms with van der Waals surface area (Å²) in [7, 11) is 0. The lowest BCUT2D eigenvalue weighted by molar-refractivity contribution is 1.23. The Labute approximate surface area is 127 Å². The summed E-state index contributed by atoms with van der Waals surface area (Å²) in [6.07, 6.45) is 0.578. The molecule has 0 atom stereocenters. The van der Waals surface area contributed by atoms with Crippen molar-refractivity contribution >= 4 is 43.2 Å². The zero-order valence-corrected chi connectivity index (χ0v) is 12.4. The average Bonchev–Trinajstić information content (AvgIpc) is 3.05. The maximum Gasteiger partial charge on any atom is 0.266 e. The Morgan fingerprint density at radius 2 is 1.24 bits per heavy atom. The maximum atomic E-state index is 12.0. The number of nitrogens with one attached hydrogen (secondary N) is 2. The SMILES string of the molecule is O=c1[nH]sc2cccc(Cc3cccc4s[nH]c(=O)c34)c12. The molecule has 0 bridgehead atoms. The second-order valence-electron chi connectivity index (χ2n) is 4.82. The fraction of sp³-hybridized carbons (Fsp3) is 0.0667. The lowest BCUT2D eigenvalue weighted by atomic mass is 10.00. The molecular formula is C15H10N2O2S2. The third-order valence-corrected chi connectivity index (χ3v) is 5.26. The third kappa shape index (κ3) is 1.95. The molecule has 0 saturated heterocycles. The fourth-order valence-corrected chi connectivity index (χ4v) is 4.20. The fourth-order valence-electron chi connectivity index (χ4n) is 2.64. The van der Waals surface area contributed by atoms with Crippen LogP contribution in [-0.2, 0) is 6.42 Å². The Morgan fingerprint density at radius 1 is 0.762 bits per heavy atom. The minimum absolute atomic E-state index is 0.0583. The first-order valence-corrected chi connectivity index (χ1v) is 8.05.